The Hall–Kier alpha value is -2.25. The van der Waals surface area contributed by atoms with Crippen LogP contribution in [-0.4, -0.2) is 16.7 Å². The van der Waals surface area contributed by atoms with Gasteiger partial charge in [-0.15, -0.1) is 0 Å². The molecule has 1 saturated carbocycles. The van der Waals surface area contributed by atoms with E-state index in [1.807, 2.05) is 24.3 Å². The van der Waals surface area contributed by atoms with Gasteiger partial charge in [-0.05, 0) is 43.4 Å². The number of halogens is 1. The second-order valence-electron chi connectivity index (χ2n) is 6.68. The maximum atomic E-state index is 12.9. The average Bonchev–Trinajstić information content (AvgIpc) is 2.68. The van der Waals surface area contributed by atoms with E-state index in [4.69, 9.17) is 16.3 Å². The van der Waals surface area contributed by atoms with E-state index >= 15 is 0 Å². The largest absolute Gasteiger partial charge is 0.497 e. The smallest absolute Gasteiger partial charge is 0.285 e. The fourth-order valence-electron chi connectivity index (χ4n) is 3.22. The molecule has 4 nitrogen and oxygen atoms in total. The van der Waals surface area contributed by atoms with Crippen molar-refractivity contribution < 1.29 is 4.74 Å². The zero-order valence-electron chi connectivity index (χ0n) is 15.2. The van der Waals surface area contributed by atoms with Crippen molar-refractivity contribution in [1.82, 2.24) is 9.55 Å². The molecule has 1 aromatic carbocycles. The van der Waals surface area contributed by atoms with Crippen LogP contribution in [0.1, 0.15) is 49.1 Å². The molecule has 136 valence electrons. The van der Waals surface area contributed by atoms with E-state index in [-0.39, 0.29) is 11.3 Å². The quantitative estimate of drug-likeness (QED) is 0.761. The van der Waals surface area contributed by atoms with Gasteiger partial charge in [0.25, 0.3) is 5.56 Å². The fraction of sp³-hybridized carbons (Fsp3) is 0.429. The third-order valence-corrected chi connectivity index (χ3v) is 5.22. The van der Waals surface area contributed by atoms with Crippen molar-refractivity contribution in [1.29, 1.82) is 0 Å². The highest BCUT2D eigenvalue weighted by atomic mass is 35.5. The van der Waals surface area contributed by atoms with Crippen LogP contribution in [0.4, 0.5) is 0 Å². The van der Waals surface area contributed by atoms with E-state index in [0.717, 1.165) is 24.2 Å². The number of ether oxygens (including phenoxy) is 1. The van der Waals surface area contributed by atoms with Gasteiger partial charge in [0.2, 0.25) is 0 Å². The Morgan fingerprint density at radius 2 is 1.92 bits per heavy atom. The summed E-state index contributed by atoms with van der Waals surface area (Å²) in [7, 11) is 1.63. The highest BCUT2D eigenvalue weighted by molar-refractivity contribution is 6.30. The summed E-state index contributed by atoms with van der Waals surface area (Å²) in [5.74, 6) is 7.37. The summed E-state index contributed by atoms with van der Waals surface area (Å²) in [6.07, 6.45) is 5.91. The molecule has 0 amide bonds. The molecule has 1 fully saturated rings. The Balaban J connectivity index is 1.90. The maximum absolute atomic E-state index is 12.9. The van der Waals surface area contributed by atoms with Crippen LogP contribution < -0.4 is 10.3 Å². The number of aromatic nitrogens is 2. The Labute approximate surface area is 159 Å². The van der Waals surface area contributed by atoms with Crippen molar-refractivity contribution in [2.24, 2.45) is 5.92 Å². The first-order valence-electron chi connectivity index (χ1n) is 9.00. The van der Waals surface area contributed by atoms with Crippen molar-refractivity contribution in [3.8, 4) is 17.6 Å². The number of benzene rings is 1. The molecule has 1 heterocycles. The van der Waals surface area contributed by atoms with Crippen molar-refractivity contribution in [2.75, 3.05) is 7.11 Å². The predicted octanol–water partition coefficient (Wildman–Crippen LogP) is 4.19. The molecule has 0 aliphatic heterocycles. The van der Waals surface area contributed by atoms with Gasteiger partial charge in [0.1, 0.15) is 10.9 Å². The number of rotatable bonds is 3. The number of hydrogen-bond acceptors (Lipinski definition) is 3. The molecule has 26 heavy (non-hydrogen) atoms. The van der Waals surface area contributed by atoms with E-state index in [9.17, 15) is 4.79 Å². The van der Waals surface area contributed by atoms with Crippen LogP contribution in [0.25, 0.3) is 0 Å². The third kappa shape index (κ3) is 4.28. The fourth-order valence-corrected chi connectivity index (χ4v) is 3.41. The number of hydrogen-bond donors (Lipinski definition) is 0. The lowest BCUT2D eigenvalue weighted by atomic mass is 9.90. The SMILES string of the molecule is COc1ccc(Cn2c(C)c(Cl)nc(C#CC3CCCCC3)c2=O)cc1. The normalized spacial score (nSPS) is 14.6. The Kier molecular flexibility index (Phi) is 6.00. The van der Waals surface area contributed by atoms with Crippen LogP contribution in [0.2, 0.25) is 5.15 Å². The van der Waals surface area contributed by atoms with Crippen molar-refractivity contribution in [3.05, 3.63) is 56.7 Å². The van der Waals surface area contributed by atoms with Gasteiger partial charge in [0.05, 0.1) is 19.3 Å². The van der Waals surface area contributed by atoms with Crippen LogP contribution in [0.5, 0.6) is 5.75 Å². The van der Waals surface area contributed by atoms with Gasteiger partial charge in [-0.3, -0.25) is 4.79 Å². The van der Waals surface area contributed by atoms with Crippen LogP contribution in [0, 0.1) is 24.7 Å². The van der Waals surface area contributed by atoms with Gasteiger partial charge in [-0.1, -0.05) is 48.9 Å². The van der Waals surface area contributed by atoms with Gasteiger partial charge >= 0.3 is 0 Å². The first kappa shape index (κ1) is 18.5. The lowest BCUT2D eigenvalue weighted by Gasteiger charge is -2.15. The van der Waals surface area contributed by atoms with Crippen molar-refractivity contribution in [2.45, 2.75) is 45.6 Å². The molecule has 1 aliphatic carbocycles. The number of nitrogens with zero attached hydrogens (tertiary/aromatic N) is 2. The summed E-state index contributed by atoms with van der Waals surface area (Å²) in [5.41, 5.74) is 1.69. The van der Waals surface area contributed by atoms with E-state index in [0.29, 0.717) is 23.3 Å². The first-order valence-corrected chi connectivity index (χ1v) is 9.37. The van der Waals surface area contributed by atoms with Gasteiger partial charge < -0.3 is 9.30 Å². The van der Waals surface area contributed by atoms with Crippen molar-refractivity contribution in [3.63, 3.8) is 0 Å². The minimum absolute atomic E-state index is 0.189. The molecule has 1 aliphatic rings. The summed E-state index contributed by atoms with van der Waals surface area (Å²) >= 11 is 6.27. The zero-order valence-corrected chi connectivity index (χ0v) is 16.0. The van der Waals surface area contributed by atoms with E-state index in [2.05, 4.69) is 16.8 Å². The second kappa shape index (κ2) is 8.42. The molecule has 5 heteroatoms. The molecule has 0 atom stereocenters. The minimum atomic E-state index is -0.189. The second-order valence-corrected chi connectivity index (χ2v) is 7.04. The summed E-state index contributed by atoms with van der Waals surface area (Å²) in [6.45, 7) is 2.23. The minimum Gasteiger partial charge on any atom is -0.497 e. The summed E-state index contributed by atoms with van der Waals surface area (Å²) in [6, 6.07) is 7.63. The van der Waals surface area contributed by atoms with Gasteiger partial charge in [-0.2, -0.15) is 0 Å². The van der Waals surface area contributed by atoms with Crippen LogP contribution >= 0.6 is 11.6 Å². The standard InChI is InChI=1S/C21H23ClN2O2/c1-15-20(22)23-19(13-10-16-6-4-3-5-7-16)21(25)24(15)14-17-8-11-18(26-2)12-9-17/h8-9,11-12,16H,3-7,14H2,1-2H3. The molecule has 1 aromatic heterocycles. The highest BCUT2D eigenvalue weighted by Gasteiger charge is 2.13. The summed E-state index contributed by atoms with van der Waals surface area (Å²) in [4.78, 5) is 17.1. The summed E-state index contributed by atoms with van der Waals surface area (Å²) < 4.78 is 6.82. The molecule has 0 radical (unpaired) electrons. The lowest BCUT2D eigenvalue weighted by Crippen LogP contribution is -2.27. The molecule has 0 N–H and O–H groups in total. The molecule has 3 rings (SSSR count). The average molecular weight is 371 g/mol. The van der Waals surface area contributed by atoms with Crippen LogP contribution in [0.3, 0.4) is 0 Å². The molecular formula is C21H23ClN2O2. The molecule has 0 unspecified atom stereocenters. The third-order valence-electron chi connectivity index (χ3n) is 4.86. The van der Waals surface area contributed by atoms with E-state index in [1.54, 1.807) is 18.6 Å². The first-order chi connectivity index (χ1) is 12.6. The summed E-state index contributed by atoms with van der Waals surface area (Å²) in [5, 5.41) is 0.325. The van der Waals surface area contributed by atoms with Gasteiger partial charge in [0, 0.05) is 5.92 Å². The van der Waals surface area contributed by atoms with Gasteiger partial charge in [0.15, 0.2) is 5.69 Å². The Bertz CT molecular complexity index is 885. The Morgan fingerprint density at radius 3 is 2.58 bits per heavy atom. The van der Waals surface area contributed by atoms with E-state index in [1.165, 1.54) is 19.3 Å². The Morgan fingerprint density at radius 1 is 1.23 bits per heavy atom. The molecular weight excluding hydrogens is 348 g/mol. The molecule has 2 aromatic rings. The molecule has 0 bridgehead atoms. The van der Waals surface area contributed by atoms with Crippen molar-refractivity contribution >= 4 is 11.6 Å². The number of methoxy groups -OCH3 is 1. The molecule has 0 spiro atoms. The zero-order chi connectivity index (χ0) is 18.5. The van der Waals surface area contributed by atoms with Gasteiger partial charge in [-0.25, -0.2) is 4.98 Å². The van der Waals surface area contributed by atoms with Crippen LogP contribution in [-0.2, 0) is 6.54 Å². The lowest BCUT2D eigenvalue weighted by molar-refractivity contribution is 0.414. The predicted molar refractivity (Wildman–Crippen MR) is 104 cm³/mol. The monoisotopic (exact) mass is 370 g/mol. The van der Waals surface area contributed by atoms with Crippen LogP contribution in [0.15, 0.2) is 29.1 Å². The maximum Gasteiger partial charge on any atom is 0.285 e. The highest BCUT2D eigenvalue weighted by Crippen LogP contribution is 2.22. The van der Waals surface area contributed by atoms with E-state index < -0.39 is 0 Å². The molecule has 0 saturated heterocycles. The topological polar surface area (TPSA) is 44.1 Å².